The number of carbonyl (C=O) groups is 4. The van der Waals surface area contributed by atoms with Crippen molar-refractivity contribution < 1.29 is 28.0 Å². The van der Waals surface area contributed by atoms with Crippen LogP contribution in [0.25, 0.3) is 11.1 Å². The van der Waals surface area contributed by atoms with Crippen molar-refractivity contribution in [2.75, 3.05) is 25.0 Å². The summed E-state index contributed by atoms with van der Waals surface area (Å²) in [7, 11) is 2.98. The molecular formula is C29H32FN5O6. The lowest BCUT2D eigenvalue weighted by Gasteiger charge is -2.43. The summed E-state index contributed by atoms with van der Waals surface area (Å²) in [5.41, 5.74) is 0.621. The van der Waals surface area contributed by atoms with E-state index < -0.39 is 35.1 Å². The van der Waals surface area contributed by atoms with Gasteiger partial charge in [-0.2, -0.15) is 0 Å². The largest absolute Gasteiger partial charge is 0.419 e. The predicted molar refractivity (Wildman–Crippen MR) is 148 cm³/mol. The molecule has 3 heterocycles. The van der Waals surface area contributed by atoms with Gasteiger partial charge in [0, 0.05) is 32.9 Å². The van der Waals surface area contributed by atoms with Crippen molar-refractivity contribution in [3.05, 3.63) is 63.9 Å². The van der Waals surface area contributed by atoms with Crippen LogP contribution >= 0.6 is 0 Å². The quantitative estimate of drug-likeness (QED) is 0.475. The van der Waals surface area contributed by atoms with Crippen LogP contribution in [0.1, 0.15) is 42.6 Å². The molecule has 1 aromatic heterocycles. The van der Waals surface area contributed by atoms with Crippen molar-refractivity contribution in [2.45, 2.75) is 45.2 Å². The fraction of sp³-hybridized carbons (Fsp3) is 0.414. The molecule has 0 aliphatic carbocycles. The Hall–Kier alpha value is -4.48. The van der Waals surface area contributed by atoms with Gasteiger partial charge in [0.2, 0.25) is 5.91 Å². The van der Waals surface area contributed by atoms with E-state index >= 15 is 0 Å². The number of likely N-dealkylation sites (N-methyl/N-ethyl adjacent to an activating group) is 1. The first-order valence-electron chi connectivity index (χ1n) is 13.4. The summed E-state index contributed by atoms with van der Waals surface area (Å²) in [6.45, 7) is 5.64. The van der Waals surface area contributed by atoms with E-state index in [9.17, 15) is 28.4 Å². The molecule has 1 atom stereocenters. The molecule has 0 radical (unpaired) electrons. The minimum atomic E-state index is -1.22. The van der Waals surface area contributed by atoms with Gasteiger partial charge in [0.15, 0.2) is 5.58 Å². The van der Waals surface area contributed by atoms with Crippen molar-refractivity contribution in [3.8, 4) is 0 Å². The number of benzene rings is 2. The number of anilines is 1. The zero-order valence-corrected chi connectivity index (χ0v) is 23.6. The molecule has 41 heavy (non-hydrogen) atoms. The summed E-state index contributed by atoms with van der Waals surface area (Å²) in [5.74, 6) is -2.91. The van der Waals surface area contributed by atoms with Crippen molar-refractivity contribution in [1.82, 2.24) is 19.7 Å². The number of hydrogen-bond acceptors (Lipinski definition) is 6. The second kappa shape index (κ2) is 10.2. The SMILES string of the molecule is Cc1ccc(F)c(C(=O)N[C@@H](C(=O)N2CCC3(CC2)C(=O)N(C)C(=O)N3c2ccc3oc(=O)n(C)c3c2)C(C)C)c1. The molecule has 2 fully saturated rings. The number of halogens is 1. The summed E-state index contributed by atoms with van der Waals surface area (Å²) >= 11 is 0. The summed E-state index contributed by atoms with van der Waals surface area (Å²) < 4.78 is 20.9. The molecule has 216 valence electrons. The van der Waals surface area contributed by atoms with Gasteiger partial charge in [-0.25, -0.2) is 14.0 Å². The molecule has 2 saturated heterocycles. The second-order valence-electron chi connectivity index (χ2n) is 11.1. The third kappa shape index (κ3) is 4.56. The highest BCUT2D eigenvalue weighted by molar-refractivity contribution is 6.17. The molecule has 12 heteroatoms. The Balaban J connectivity index is 1.38. The fourth-order valence-electron chi connectivity index (χ4n) is 5.72. The number of amides is 5. The number of carbonyl (C=O) groups excluding carboxylic acids is 4. The van der Waals surface area contributed by atoms with Crippen LogP contribution in [0.15, 0.2) is 45.6 Å². The van der Waals surface area contributed by atoms with E-state index in [1.54, 1.807) is 57.0 Å². The number of piperidine rings is 1. The van der Waals surface area contributed by atoms with E-state index in [0.717, 1.165) is 4.90 Å². The highest BCUT2D eigenvalue weighted by Gasteiger charge is 2.58. The Morgan fingerprint density at radius 2 is 1.71 bits per heavy atom. The predicted octanol–water partition coefficient (Wildman–Crippen LogP) is 2.79. The zero-order chi connectivity index (χ0) is 29.8. The molecule has 1 spiro atoms. The van der Waals surface area contributed by atoms with Crippen molar-refractivity contribution in [3.63, 3.8) is 0 Å². The molecule has 5 amide bonds. The number of hydrogen-bond donors (Lipinski definition) is 1. The molecule has 0 bridgehead atoms. The number of imide groups is 1. The van der Waals surface area contributed by atoms with Crippen LogP contribution in [0.2, 0.25) is 0 Å². The number of aryl methyl sites for hydroxylation is 2. The number of likely N-dealkylation sites (tertiary alicyclic amines) is 1. The molecule has 0 unspecified atom stereocenters. The van der Waals surface area contributed by atoms with E-state index in [0.29, 0.717) is 22.4 Å². The average molecular weight is 566 g/mol. The van der Waals surface area contributed by atoms with Gasteiger partial charge in [-0.05, 0) is 56.0 Å². The van der Waals surface area contributed by atoms with E-state index in [-0.39, 0.29) is 49.2 Å². The Bertz CT molecular complexity index is 1630. The number of aromatic nitrogens is 1. The molecule has 2 aliphatic heterocycles. The minimum Gasteiger partial charge on any atom is -0.408 e. The van der Waals surface area contributed by atoms with Gasteiger partial charge < -0.3 is 14.6 Å². The Labute approximate surface area is 235 Å². The maximum absolute atomic E-state index is 14.3. The van der Waals surface area contributed by atoms with Gasteiger partial charge in [0.1, 0.15) is 17.4 Å². The van der Waals surface area contributed by atoms with Crippen LogP contribution < -0.4 is 16.0 Å². The number of urea groups is 1. The molecular weight excluding hydrogens is 533 g/mol. The van der Waals surface area contributed by atoms with Crippen LogP contribution in [-0.2, 0) is 16.6 Å². The van der Waals surface area contributed by atoms with E-state index in [1.807, 2.05) is 0 Å². The first-order valence-corrected chi connectivity index (χ1v) is 13.4. The monoisotopic (exact) mass is 565 g/mol. The van der Waals surface area contributed by atoms with Gasteiger partial charge in [0.25, 0.3) is 11.8 Å². The van der Waals surface area contributed by atoms with E-state index in [4.69, 9.17) is 4.42 Å². The molecule has 11 nitrogen and oxygen atoms in total. The molecule has 1 N–H and O–H groups in total. The van der Waals surface area contributed by atoms with E-state index in [2.05, 4.69) is 5.32 Å². The van der Waals surface area contributed by atoms with Crippen LogP contribution in [0.3, 0.4) is 0 Å². The maximum Gasteiger partial charge on any atom is 0.419 e. The number of nitrogens with zero attached hydrogens (tertiary/aromatic N) is 4. The van der Waals surface area contributed by atoms with Gasteiger partial charge in [0.05, 0.1) is 11.1 Å². The van der Waals surface area contributed by atoms with Crippen LogP contribution in [0.4, 0.5) is 14.9 Å². The summed E-state index contributed by atoms with van der Waals surface area (Å²) in [5, 5.41) is 2.69. The fourth-order valence-corrected chi connectivity index (χ4v) is 5.72. The average Bonchev–Trinajstić information content (AvgIpc) is 3.32. The van der Waals surface area contributed by atoms with Crippen molar-refractivity contribution in [2.24, 2.45) is 13.0 Å². The lowest BCUT2D eigenvalue weighted by atomic mass is 9.85. The molecule has 2 aromatic carbocycles. The molecule has 5 rings (SSSR count). The van der Waals surface area contributed by atoms with Crippen LogP contribution in [0.5, 0.6) is 0 Å². The van der Waals surface area contributed by atoms with Gasteiger partial charge in [-0.15, -0.1) is 0 Å². The maximum atomic E-state index is 14.3. The molecule has 3 aromatic rings. The third-order valence-corrected chi connectivity index (χ3v) is 8.13. The van der Waals surface area contributed by atoms with Crippen molar-refractivity contribution in [1.29, 1.82) is 0 Å². The van der Waals surface area contributed by atoms with Crippen LogP contribution in [-0.4, -0.2) is 69.8 Å². The first-order chi connectivity index (χ1) is 19.4. The number of nitrogens with one attached hydrogen (secondary N) is 1. The summed E-state index contributed by atoms with van der Waals surface area (Å²) in [4.78, 5) is 69.4. The molecule has 0 saturated carbocycles. The normalized spacial score (nSPS) is 17.7. The minimum absolute atomic E-state index is 0.137. The lowest BCUT2D eigenvalue weighted by molar-refractivity contribution is -0.139. The first kappa shape index (κ1) is 28.1. The third-order valence-electron chi connectivity index (χ3n) is 8.13. The number of oxazole rings is 1. The Kier molecular flexibility index (Phi) is 6.96. The Morgan fingerprint density at radius 1 is 1.02 bits per heavy atom. The van der Waals surface area contributed by atoms with Gasteiger partial charge in [-0.1, -0.05) is 25.5 Å². The topological polar surface area (TPSA) is 125 Å². The standard InChI is InChI=1S/C29H32FN5O6/c1-16(2)23(31-24(36)19-14-17(3)6-8-20(19)30)25(37)34-12-10-29(11-13-34)26(38)33(5)27(39)35(29)18-7-9-22-21(15-18)32(4)28(40)41-22/h6-9,14-16,23H,10-13H2,1-5H3,(H,31,36)/t23-/m1/s1. The van der Waals surface area contributed by atoms with E-state index in [1.165, 1.54) is 28.6 Å². The Morgan fingerprint density at radius 3 is 2.37 bits per heavy atom. The smallest absolute Gasteiger partial charge is 0.408 e. The number of rotatable bonds is 5. The van der Waals surface area contributed by atoms with Crippen LogP contribution in [0, 0.1) is 18.7 Å². The summed E-state index contributed by atoms with van der Waals surface area (Å²) in [6.07, 6.45) is 0.336. The highest BCUT2D eigenvalue weighted by atomic mass is 19.1. The van der Waals surface area contributed by atoms with Gasteiger partial charge >= 0.3 is 11.8 Å². The number of fused-ring (bicyclic) bond motifs is 1. The summed E-state index contributed by atoms with van der Waals surface area (Å²) in [6, 6.07) is 7.64. The lowest BCUT2D eigenvalue weighted by Crippen LogP contribution is -2.60. The molecule has 2 aliphatic rings. The van der Waals surface area contributed by atoms with Crippen molar-refractivity contribution >= 4 is 40.5 Å². The second-order valence-corrected chi connectivity index (χ2v) is 11.1. The highest BCUT2D eigenvalue weighted by Crippen LogP contribution is 2.41. The van der Waals surface area contributed by atoms with Gasteiger partial charge in [-0.3, -0.25) is 28.8 Å². The zero-order valence-electron chi connectivity index (χ0n) is 23.6.